The molecule has 0 unspecified atom stereocenters. The van der Waals surface area contributed by atoms with Gasteiger partial charge >= 0.3 is 0 Å². The molecule has 0 aliphatic rings. The molecular formula is C8H10N2S. The second-order valence-electron chi connectivity index (χ2n) is 2.40. The first-order valence-electron chi connectivity index (χ1n) is 3.39. The fraction of sp³-hybridized carbons (Fsp3) is 0.250. The van der Waals surface area contributed by atoms with Crippen molar-refractivity contribution in [1.29, 1.82) is 0 Å². The van der Waals surface area contributed by atoms with Crippen molar-refractivity contribution >= 4 is 23.0 Å². The number of nitrogens with zero attached hydrogens (tertiary/aromatic N) is 1. The Balaban J connectivity index is 2.74. The zero-order valence-corrected chi connectivity index (χ0v) is 7.40. The minimum absolute atomic E-state index is 0.737. The molecule has 0 atom stereocenters. The third kappa shape index (κ3) is 2.63. The highest BCUT2D eigenvalue weighted by Crippen LogP contribution is 2.03. The predicted octanol–water partition coefficient (Wildman–Crippen LogP) is 2.15. The maximum Gasteiger partial charge on any atom is 0.130 e. The highest BCUT2D eigenvalue weighted by molar-refractivity contribution is 7.80. The van der Waals surface area contributed by atoms with Crippen LogP contribution < -0.4 is 5.32 Å². The van der Waals surface area contributed by atoms with Gasteiger partial charge in [0.2, 0.25) is 0 Å². The lowest BCUT2D eigenvalue weighted by molar-refractivity contribution is 1.27. The number of nitrogens with one attached hydrogen (secondary N) is 1. The number of thiocarbonyl (C=S) groups is 1. The monoisotopic (exact) mass is 166 g/mol. The Morgan fingerprint density at radius 3 is 2.73 bits per heavy atom. The van der Waals surface area contributed by atoms with E-state index in [2.05, 4.69) is 10.3 Å². The van der Waals surface area contributed by atoms with E-state index in [9.17, 15) is 0 Å². The summed E-state index contributed by atoms with van der Waals surface area (Å²) in [5, 5.41) is 2.95. The molecule has 0 saturated carbocycles. The van der Waals surface area contributed by atoms with Crippen LogP contribution >= 0.6 is 12.2 Å². The Morgan fingerprint density at radius 2 is 2.27 bits per heavy atom. The van der Waals surface area contributed by atoms with Gasteiger partial charge in [0.1, 0.15) is 5.82 Å². The van der Waals surface area contributed by atoms with E-state index in [0.717, 1.165) is 16.4 Å². The molecule has 1 heterocycles. The second kappa shape index (κ2) is 3.44. The Hall–Kier alpha value is -0.960. The summed E-state index contributed by atoms with van der Waals surface area (Å²) in [6, 6.07) is 3.90. The lowest BCUT2D eigenvalue weighted by Crippen LogP contribution is -2.04. The van der Waals surface area contributed by atoms with Gasteiger partial charge in [0.25, 0.3) is 0 Å². The molecule has 0 aliphatic carbocycles. The number of anilines is 1. The molecule has 2 nitrogen and oxygen atoms in total. The van der Waals surface area contributed by atoms with Crippen LogP contribution in [0.25, 0.3) is 0 Å². The van der Waals surface area contributed by atoms with E-state index in [1.165, 1.54) is 0 Å². The lowest BCUT2D eigenvalue weighted by Gasteiger charge is -2.01. The van der Waals surface area contributed by atoms with Gasteiger partial charge in [-0.2, -0.15) is 0 Å². The highest BCUT2D eigenvalue weighted by Gasteiger charge is 1.91. The molecule has 0 radical (unpaired) electrons. The average molecular weight is 166 g/mol. The molecule has 3 heteroatoms. The summed E-state index contributed by atoms with van der Waals surface area (Å²) >= 11 is 4.86. The summed E-state index contributed by atoms with van der Waals surface area (Å²) < 4.78 is 0. The predicted molar refractivity (Wildman–Crippen MR) is 50.9 cm³/mol. The van der Waals surface area contributed by atoms with Crippen molar-refractivity contribution in [1.82, 2.24) is 4.98 Å². The molecule has 0 bridgehead atoms. The van der Waals surface area contributed by atoms with Crippen LogP contribution in [0.4, 0.5) is 5.82 Å². The summed E-state index contributed by atoms with van der Waals surface area (Å²) in [6.45, 7) is 3.83. The molecule has 0 amide bonds. The van der Waals surface area contributed by atoms with Crippen LogP contribution in [0.2, 0.25) is 0 Å². The minimum atomic E-state index is 0.737. The van der Waals surface area contributed by atoms with E-state index in [4.69, 9.17) is 12.2 Å². The van der Waals surface area contributed by atoms with Gasteiger partial charge < -0.3 is 5.32 Å². The first-order valence-corrected chi connectivity index (χ1v) is 3.79. The van der Waals surface area contributed by atoms with Crippen molar-refractivity contribution in [2.45, 2.75) is 13.8 Å². The first kappa shape index (κ1) is 8.14. The van der Waals surface area contributed by atoms with Gasteiger partial charge in [-0.1, -0.05) is 18.3 Å². The Bertz CT molecular complexity index is 253. The van der Waals surface area contributed by atoms with Crippen molar-refractivity contribution in [2.24, 2.45) is 0 Å². The smallest absolute Gasteiger partial charge is 0.130 e. The normalized spacial score (nSPS) is 9.27. The van der Waals surface area contributed by atoms with Crippen molar-refractivity contribution in [2.75, 3.05) is 5.32 Å². The summed E-state index contributed by atoms with van der Waals surface area (Å²) in [4.78, 5) is 4.86. The second-order valence-corrected chi connectivity index (χ2v) is 3.01. The Labute approximate surface area is 71.7 Å². The van der Waals surface area contributed by atoms with Gasteiger partial charge in [-0.15, -0.1) is 0 Å². The topological polar surface area (TPSA) is 24.9 Å². The fourth-order valence-electron chi connectivity index (χ4n) is 0.722. The standard InChI is InChI=1S/C8H10N2S/c1-6-3-4-8(9-5-6)10-7(2)11/h3-5H,1-2H3,(H,9,10,11). The molecule has 0 spiro atoms. The average Bonchev–Trinajstić information content (AvgIpc) is 1.93. The molecular weight excluding hydrogens is 156 g/mol. The summed E-state index contributed by atoms with van der Waals surface area (Å²) in [5.41, 5.74) is 1.15. The van der Waals surface area contributed by atoms with Crippen molar-refractivity contribution in [3.63, 3.8) is 0 Å². The molecule has 0 aromatic carbocycles. The molecule has 1 rings (SSSR count). The van der Waals surface area contributed by atoms with Gasteiger partial charge in [-0.05, 0) is 25.5 Å². The van der Waals surface area contributed by atoms with Gasteiger partial charge in [-0.25, -0.2) is 4.98 Å². The maximum atomic E-state index is 4.86. The molecule has 11 heavy (non-hydrogen) atoms. The van der Waals surface area contributed by atoms with Crippen LogP contribution in [0, 0.1) is 6.92 Å². The Morgan fingerprint density at radius 1 is 1.55 bits per heavy atom. The highest BCUT2D eigenvalue weighted by atomic mass is 32.1. The number of aromatic nitrogens is 1. The lowest BCUT2D eigenvalue weighted by atomic mass is 10.3. The van der Waals surface area contributed by atoms with E-state index in [0.29, 0.717) is 0 Å². The largest absolute Gasteiger partial charge is 0.335 e. The molecule has 0 fully saturated rings. The molecule has 1 aromatic rings. The first-order chi connectivity index (χ1) is 5.18. The van der Waals surface area contributed by atoms with Gasteiger partial charge in [0, 0.05) is 6.20 Å². The van der Waals surface area contributed by atoms with E-state index in [1.54, 1.807) is 6.20 Å². The number of hydrogen-bond acceptors (Lipinski definition) is 2. The summed E-state index contributed by atoms with van der Waals surface area (Å²) in [5.74, 6) is 0.808. The molecule has 0 aliphatic heterocycles. The third-order valence-corrected chi connectivity index (χ3v) is 1.32. The number of pyridine rings is 1. The van der Waals surface area contributed by atoms with Crippen LogP contribution in [-0.4, -0.2) is 9.97 Å². The van der Waals surface area contributed by atoms with E-state index in [-0.39, 0.29) is 0 Å². The van der Waals surface area contributed by atoms with Crippen LogP contribution in [-0.2, 0) is 0 Å². The Kier molecular flexibility index (Phi) is 2.54. The van der Waals surface area contributed by atoms with E-state index in [1.807, 2.05) is 26.0 Å². The SMILES string of the molecule is CC(=S)Nc1ccc(C)cn1. The van der Waals surface area contributed by atoms with Crippen molar-refractivity contribution < 1.29 is 0 Å². The van der Waals surface area contributed by atoms with Crippen LogP contribution in [0.1, 0.15) is 12.5 Å². The maximum absolute atomic E-state index is 4.86. The zero-order chi connectivity index (χ0) is 8.27. The summed E-state index contributed by atoms with van der Waals surface area (Å²) in [6.07, 6.45) is 1.81. The summed E-state index contributed by atoms with van der Waals surface area (Å²) in [7, 11) is 0. The zero-order valence-electron chi connectivity index (χ0n) is 6.59. The van der Waals surface area contributed by atoms with Crippen molar-refractivity contribution in [3.05, 3.63) is 23.9 Å². The van der Waals surface area contributed by atoms with Gasteiger partial charge in [-0.3, -0.25) is 0 Å². The molecule has 1 N–H and O–H groups in total. The molecule has 0 saturated heterocycles. The molecule has 58 valence electrons. The number of hydrogen-bond donors (Lipinski definition) is 1. The fourth-order valence-corrected chi connectivity index (χ4v) is 0.827. The van der Waals surface area contributed by atoms with E-state index >= 15 is 0 Å². The number of rotatable bonds is 1. The van der Waals surface area contributed by atoms with Crippen LogP contribution in [0.3, 0.4) is 0 Å². The minimum Gasteiger partial charge on any atom is -0.335 e. The van der Waals surface area contributed by atoms with Gasteiger partial charge in [0.05, 0.1) is 4.99 Å². The number of aryl methyl sites for hydroxylation is 1. The van der Waals surface area contributed by atoms with Gasteiger partial charge in [0.15, 0.2) is 0 Å². The quantitative estimate of drug-likeness (QED) is 0.647. The van der Waals surface area contributed by atoms with E-state index < -0.39 is 0 Å². The van der Waals surface area contributed by atoms with Crippen LogP contribution in [0.15, 0.2) is 18.3 Å². The third-order valence-electron chi connectivity index (χ3n) is 1.22. The molecule has 1 aromatic heterocycles. The van der Waals surface area contributed by atoms with Crippen LogP contribution in [0.5, 0.6) is 0 Å². The van der Waals surface area contributed by atoms with Crippen molar-refractivity contribution in [3.8, 4) is 0 Å².